The molecule has 0 aromatic heterocycles. The van der Waals surface area contributed by atoms with Gasteiger partial charge in [-0.15, -0.1) is 0 Å². The molecule has 0 atom stereocenters. The number of esters is 1. The molecule has 29 heavy (non-hydrogen) atoms. The Balaban J connectivity index is 1.48. The van der Waals surface area contributed by atoms with Gasteiger partial charge in [-0.2, -0.15) is 0 Å². The topological polar surface area (TPSA) is 64.6 Å². The zero-order chi connectivity index (χ0) is 20.6. The molecule has 148 valence electrons. The van der Waals surface area contributed by atoms with Gasteiger partial charge in [-0.1, -0.05) is 30.3 Å². The van der Waals surface area contributed by atoms with Crippen LogP contribution < -0.4 is 10.1 Å². The average molecular weight is 397 g/mol. The van der Waals surface area contributed by atoms with Crippen LogP contribution in [0.25, 0.3) is 0 Å². The van der Waals surface area contributed by atoms with Gasteiger partial charge in [0.25, 0.3) is 5.91 Å². The van der Waals surface area contributed by atoms with Gasteiger partial charge >= 0.3 is 5.97 Å². The maximum absolute atomic E-state index is 13.5. The number of nitrogens with one attached hydrogen (secondary N) is 1. The van der Waals surface area contributed by atoms with Crippen molar-refractivity contribution in [2.24, 2.45) is 0 Å². The van der Waals surface area contributed by atoms with Crippen LogP contribution in [0.4, 0.5) is 14.5 Å². The summed E-state index contributed by atoms with van der Waals surface area (Å²) >= 11 is 0. The Morgan fingerprint density at radius 3 is 2.34 bits per heavy atom. The molecule has 7 heteroatoms. The first kappa shape index (κ1) is 20.0. The maximum Gasteiger partial charge on any atom is 0.338 e. The third-order valence-corrected chi connectivity index (χ3v) is 3.88. The van der Waals surface area contributed by atoms with Crippen LogP contribution in [0.1, 0.15) is 15.9 Å². The summed E-state index contributed by atoms with van der Waals surface area (Å²) in [7, 11) is 0. The molecule has 1 amide bonds. The summed E-state index contributed by atoms with van der Waals surface area (Å²) in [5.41, 5.74) is 0.907. The van der Waals surface area contributed by atoms with Crippen LogP contribution in [0.3, 0.4) is 0 Å². The fourth-order valence-corrected chi connectivity index (χ4v) is 2.42. The Bertz CT molecular complexity index is 991. The van der Waals surface area contributed by atoms with E-state index in [1.54, 1.807) is 12.1 Å². The summed E-state index contributed by atoms with van der Waals surface area (Å²) in [6, 6.07) is 18.5. The Labute approximate surface area is 165 Å². The number of ether oxygens (including phenoxy) is 2. The summed E-state index contributed by atoms with van der Waals surface area (Å²) in [5, 5.41) is 2.15. The molecular formula is C22H17F2NO4. The number of benzene rings is 3. The molecule has 0 unspecified atom stereocenters. The Morgan fingerprint density at radius 1 is 0.897 bits per heavy atom. The predicted molar refractivity (Wildman–Crippen MR) is 102 cm³/mol. The smallest absolute Gasteiger partial charge is 0.338 e. The Kier molecular flexibility index (Phi) is 6.52. The Hall–Kier alpha value is -3.74. The molecule has 0 aliphatic rings. The molecule has 0 fully saturated rings. The van der Waals surface area contributed by atoms with Crippen molar-refractivity contribution >= 4 is 17.6 Å². The minimum Gasteiger partial charge on any atom is -0.489 e. The van der Waals surface area contributed by atoms with Gasteiger partial charge in [0, 0.05) is 6.07 Å². The second kappa shape index (κ2) is 9.45. The number of carbonyl (C=O) groups excluding carboxylic acids is 2. The van der Waals surface area contributed by atoms with E-state index in [1.807, 2.05) is 30.3 Å². The third kappa shape index (κ3) is 5.87. The highest BCUT2D eigenvalue weighted by molar-refractivity contribution is 5.95. The van der Waals surface area contributed by atoms with Gasteiger partial charge in [0.05, 0.1) is 11.3 Å². The molecule has 0 heterocycles. The molecule has 0 bridgehead atoms. The predicted octanol–water partition coefficient (Wildman–Crippen LogP) is 4.34. The second-order valence-corrected chi connectivity index (χ2v) is 6.05. The first-order chi connectivity index (χ1) is 14.0. The first-order valence-electron chi connectivity index (χ1n) is 8.70. The lowest BCUT2D eigenvalue weighted by atomic mass is 10.2. The maximum atomic E-state index is 13.5. The highest BCUT2D eigenvalue weighted by Gasteiger charge is 2.12. The number of amides is 1. The monoisotopic (exact) mass is 397 g/mol. The van der Waals surface area contributed by atoms with E-state index in [-0.39, 0.29) is 11.3 Å². The fraction of sp³-hybridized carbons (Fsp3) is 0.0909. The molecule has 0 saturated carbocycles. The molecule has 5 nitrogen and oxygen atoms in total. The fourth-order valence-electron chi connectivity index (χ4n) is 2.42. The van der Waals surface area contributed by atoms with E-state index < -0.39 is 30.1 Å². The molecule has 0 spiro atoms. The van der Waals surface area contributed by atoms with E-state index in [0.717, 1.165) is 23.8 Å². The summed E-state index contributed by atoms with van der Waals surface area (Å²) in [4.78, 5) is 23.8. The van der Waals surface area contributed by atoms with Gasteiger partial charge in [-0.05, 0) is 42.0 Å². The lowest BCUT2D eigenvalue weighted by molar-refractivity contribution is -0.119. The van der Waals surface area contributed by atoms with E-state index in [1.165, 1.54) is 12.1 Å². The lowest BCUT2D eigenvalue weighted by Gasteiger charge is -2.09. The zero-order valence-electron chi connectivity index (χ0n) is 15.2. The molecular weight excluding hydrogens is 380 g/mol. The molecule has 0 radical (unpaired) electrons. The van der Waals surface area contributed by atoms with Crippen LogP contribution >= 0.6 is 0 Å². The molecule has 0 aliphatic carbocycles. The second-order valence-electron chi connectivity index (χ2n) is 6.05. The minimum atomic E-state index is -0.794. The van der Waals surface area contributed by atoms with E-state index in [2.05, 4.69) is 5.32 Å². The lowest BCUT2D eigenvalue weighted by Crippen LogP contribution is -2.21. The number of halogens is 2. The Morgan fingerprint density at radius 2 is 1.62 bits per heavy atom. The molecule has 0 aliphatic heterocycles. The number of rotatable bonds is 7. The SMILES string of the molecule is O=C(COC(=O)c1ccc(OCc2ccccc2)cc1)Nc1cc(F)ccc1F. The van der Waals surface area contributed by atoms with Crippen LogP contribution in [0.5, 0.6) is 5.75 Å². The molecule has 3 rings (SSSR count). The van der Waals surface area contributed by atoms with Crippen LogP contribution in [-0.2, 0) is 16.1 Å². The van der Waals surface area contributed by atoms with Crippen LogP contribution in [-0.4, -0.2) is 18.5 Å². The van der Waals surface area contributed by atoms with Crippen molar-refractivity contribution in [1.29, 1.82) is 0 Å². The highest BCUT2D eigenvalue weighted by atomic mass is 19.1. The summed E-state index contributed by atoms with van der Waals surface area (Å²) in [5.74, 6) is -2.43. The molecule has 3 aromatic carbocycles. The van der Waals surface area contributed by atoms with Gasteiger partial charge in [0.1, 0.15) is 24.0 Å². The van der Waals surface area contributed by atoms with Crippen LogP contribution in [0.15, 0.2) is 72.8 Å². The van der Waals surface area contributed by atoms with E-state index >= 15 is 0 Å². The van der Waals surface area contributed by atoms with Gasteiger partial charge in [-0.25, -0.2) is 13.6 Å². The van der Waals surface area contributed by atoms with Crippen molar-refractivity contribution in [2.45, 2.75) is 6.61 Å². The summed E-state index contributed by atoms with van der Waals surface area (Å²) in [6.07, 6.45) is 0. The van der Waals surface area contributed by atoms with E-state index in [9.17, 15) is 18.4 Å². The quantitative estimate of drug-likeness (QED) is 0.603. The minimum absolute atomic E-state index is 0.224. The van der Waals surface area contributed by atoms with Crippen molar-refractivity contribution in [1.82, 2.24) is 0 Å². The van der Waals surface area contributed by atoms with Crippen molar-refractivity contribution in [3.05, 3.63) is 95.6 Å². The molecule has 3 aromatic rings. The largest absolute Gasteiger partial charge is 0.489 e. The number of anilines is 1. The van der Waals surface area contributed by atoms with Crippen LogP contribution in [0.2, 0.25) is 0 Å². The molecule has 0 saturated heterocycles. The van der Waals surface area contributed by atoms with Crippen molar-refractivity contribution in [2.75, 3.05) is 11.9 Å². The number of hydrogen-bond acceptors (Lipinski definition) is 4. The zero-order valence-corrected chi connectivity index (χ0v) is 15.2. The number of carbonyl (C=O) groups is 2. The van der Waals surface area contributed by atoms with Crippen molar-refractivity contribution in [3.8, 4) is 5.75 Å². The standard InChI is InChI=1S/C22H17F2NO4/c23-17-8-11-19(24)20(12-17)25-21(26)14-29-22(27)16-6-9-18(10-7-16)28-13-15-4-2-1-3-5-15/h1-12H,13-14H2,(H,25,26). The van der Waals surface area contributed by atoms with Gasteiger partial charge < -0.3 is 14.8 Å². The third-order valence-electron chi connectivity index (χ3n) is 3.88. The average Bonchev–Trinajstić information content (AvgIpc) is 2.74. The van der Waals surface area contributed by atoms with Crippen molar-refractivity contribution < 1.29 is 27.8 Å². The normalized spacial score (nSPS) is 10.3. The summed E-state index contributed by atoms with van der Waals surface area (Å²) in [6.45, 7) is -0.248. The van der Waals surface area contributed by atoms with Crippen LogP contribution in [0, 0.1) is 11.6 Å². The van der Waals surface area contributed by atoms with E-state index in [4.69, 9.17) is 9.47 Å². The van der Waals surface area contributed by atoms with Crippen molar-refractivity contribution in [3.63, 3.8) is 0 Å². The first-order valence-corrected chi connectivity index (χ1v) is 8.70. The van der Waals surface area contributed by atoms with Gasteiger partial charge in [0.2, 0.25) is 0 Å². The summed E-state index contributed by atoms with van der Waals surface area (Å²) < 4.78 is 37.1. The van der Waals surface area contributed by atoms with Gasteiger partial charge in [-0.3, -0.25) is 4.79 Å². The number of hydrogen-bond donors (Lipinski definition) is 1. The van der Waals surface area contributed by atoms with Gasteiger partial charge in [0.15, 0.2) is 6.61 Å². The molecule has 1 N–H and O–H groups in total. The van der Waals surface area contributed by atoms with E-state index in [0.29, 0.717) is 12.4 Å². The highest BCUT2D eigenvalue weighted by Crippen LogP contribution is 2.16.